The van der Waals surface area contributed by atoms with E-state index in [0.717, 1.165) is 16.9 Å². The zero-order valence-electron chi connectivity index (χ0n) is 11.6. The summed E-state index contributed by atoms with van der Waals surface area (Å²) in [7, 11) is 3.99. The van der Waals surface area contributed by atoms with Crippen LogP contribution < -0.4 is 15.5 Å². The van der Waals surface area contributed by atoms with Crippen molar-refractivity contribution in [2.24, 2.45) is 0 Å². The smallest absolute Gasteiger partial charge is 0.253 e. The maximum Gasteiger partial charge on any atom is 0.253 e. The third kappa shape index (κ3) is 2.62. The average Bonchev–Trinajstić information content (AvgIpc) is 2.37. The van der Waals surface area contributed by atoms with E-state index in [1.165, 1.54) is 0 Å². The molecule has 2 N–H and O–H groups in total. The lowest BCUT2D eigenvalue weighted by atomic mass is 10.0. The fourth-order valence-electron chi connectivity index (χ4n) is 1.99. The van der Waals surface area contributed by atoms with Gasteiger partial charge in [0.1, 0.15) is 0 Å². The van der Waals surface area contributed by atoms with E-state index in [2.05, 4.69) is 17.2 Å². The van der Waals surface area contributed by atoms with Crippen LogP contribution in [-0.2, 0) is 4.79 Å². The summed E-state index contributed by atoms with van der Waals surface area (Å²) in [4.78, 5) is 13.9. The molecule has 2 rings (SSSR count). The van der Waals surface area contributed by atoms with Crippen molar-refractivity contribution >= 4 is 23.4 Å². The van der Waals surface area contributed by atoms with Crippen LogP contribution in [0.1, 0.15) is 12.5 Å². The maximum absolute atomic E-state index is 11.9. The third-order valence-corrected chi connectivity index (χ3v) is 3.05. The van der Waals surface area contributed by atoms with Crippen LogP contribution >= 0.6 is 0 Å². The van der Waals surface area contributed by atoms with E-state index in [9.17, 15) is 4.79 Å². The Morgan fingerprint density at radius 3 is 2.79 bits per heavy atom. The molecule has 0 unspecified atom stereocenters. The quantitative estimate of drug-likeness (QED) is 0.872. The van der Waals surface area contributed by atoms with Crippen molar-refractivity contribution in [3.63, 3.8) is 0 Å². The molecular weight excluding hydrogens is 238 g/mol. The molecule has 19 heavy (non-hydrogen) atoms. The predicted octanol–water partition coefficient (Wildman–Crippen LogP) is 2.21. The fourth-order valence-corrected chi connectivity index (χ4v) is 1.99. The Morgan fingerprint density at radius 2 is 2.16 bits per heavy atom. The Balaban J connectivity index is 2.38. The number of amides is 1. The first kappa shape index (κ1) is 13.2. The van der Waals surface area contributed by atoms with E-state index < -0.39 is 0 Å². The molecule has 1 aliphatic heterocycles. The summed E-state index contributed by atoms with van der Waals surface area (Å²) in [5, 5.41) is 5.98. The minimum absolute atomic E-state index is 0.0951. The fraction of sp³-hybridized carbons (Fsp3) is 0.267. The number of nitrogens with one attached hydrogen (secondary N) is 2. The van der Waals surface area contributed by atoms with Gasteiger partial charge in [-0.05, 0) is 30.7 Å². The number of hydrogen-bond donors (Lipinski definition) is 2. The lowest BCUT2D eigenvalue weighted by molar-refractivity contribution is -0.117. The number of fused-ring (bicyclic) bond motifs is 1. The van der Waals surface area contributed by atoms with Crippen LogP contribution in [0.3, 0.4) is 0 Å². The van der Waals surface area contributed by atoms with Crippen molar-refractivity contribution in [1.82, 2.24) is 5.32 Å². The molecule has 1 aliphatic rings. The van der Waals surface area contributed by atoms with E-state index in [0.29, 0.717) is 17.8 Å². The van der Waals surface area contributed by atoms with Gasteiger partial charge in [0.15, 0.2) is 0 Å². The maximum atomic E-state index is 11.9. The van der Waals surface area contributed by atoms with Crippen molar-refractivity contribution in [3.05, 3.63) is 41.6 Å². The molecule has 0 spiro atoms. The summed E-state index contributed by atoms with van der Waals surface area (Å²) >= 11 is 0. The topological polar surface area (TPSA) is 44.4 Å². The van der Waals surface area contributed by atoms with E-state index in [1.807, 2.05) is 50.2 Å². The summed E-state index contributed by atoms with van der Waals surface area (Å²) in [5.74, 6) is -0.0951. The molecule has 0 fully saturated rings. The van der Waals surface area contributed by atoms with Crippen molar-refractivity contribution in [2.75, 3.05) is 30.9 Å². The van der Waals surface area contributed by atoms with Gasteiger partial charge in [0.25, 0.3) is 5.91 Å². The Hall–Kier alpha value is -2.23. The van der Waals surface area contributed by atoms with Gasteiger partial charge in [-0.2, -0.15) is 0 Å². The number of rotatable bonds is 3. The molecule has 4 nitrogen and oxygen atoms in total. The molecule has 0 aromatic heterocycles. The number of benzene rings is 1. The van der Waals surface area contributed by atoms with Gasteiger partial charge in [-0.15, -0.1) is 0 Å². The van der Waals surface area contributed by atoms with E-state index in [1.54, 1.807) is 0 Å². The summed E-state index contributed by atoms with van der Waals surface area (Å²) in [5.41, 5.74) is 4.30. The molecule has 0 saturated heterocycles. The summed E-state index contributed by atoms with van der Waals surface area (Å²) < 4.78 is 0. The first-order chi connectivity index (χ1) is 9.02. The lowest BCUT2D eigenvalue weighted by Gasteiger charge is -2.22. The van der Waals surface area contributed by atoms with Crippen LogP contribution in [0.2, 0.25) is 0 Å². The third-order valence-electron chi connectivity index (χ3n) is 3.05. The number of likely N-dealkylation sites (N-methyl/N-ethyl adjacent to an activating group) is 1. The lowest BCUT2D eigenvalue weighted by Crippen LogP contribution is -2.27. The number of nitrogens with zero attached hydrogens (tertiary/aromatic N) is 1. The molecule has 1 amide bonds. The van der Waals surface area contributed by atoms with E-state index in [4.69, 9.17) is 0 Å². The molecule has 1 heterocycles. The van der Waals surface area contributed by atoms with Gasteiger partial charge in [0, 0.05) is 37.7 Å². The van der Waals surface area contributed by atoms with Gasteiger partial charge in [0.05, 0.1) is 5.57 Å². The zero-order chi connectivity index (χ0) is 14.0. The second kappa shape index (κ2) is 5.18. The van der Waals surface area contributed by atoms with Crippen LogP contribution in [0, 0.1) is 0 Å². The molecule has 1 aromatic rings. The Labute approximate surface area is 113 Å². The van der Waals surface area contributed by atoms with Crippen LogP contribution in [0.25, 0.3) is 6.08 Å². The van der Waals surface area contributed by atoms with Gasteiger partial charge in [-0.3, -0.25) is 4.79 Å². The first-order valence-corrected chi connectivity index (χ1v) is 6.30. The van der Waals surface area contributed by atoms with E-state index >= 15 is 0 Å². The van der Waals surface area contributed by atoms with E-state index in [-0.39, 0.29) is 5.91 Å². The largest absolute Gasteiger partial charge is 0.378 e. The highest BCUT2D eigenvalue weighted by Crippen LogP contribution is 2.31. The molecule has 1 aromatic carbocycles. The predicted molar refractivity (Wildman–Crippen MR) is 80.2 cm³/mol. The Morgan fingerprint density at radius 1 is 1.42 bits per heavy atom. The van der Waals surface area contributed by atoms with Gasteiger partial charge >= 0.3 is 0 Å². The molecule has 0 aliphatic carbocycles. The van der Waals surface area contributed by atoms with Crippen molar-refractivity contribution in [1.29, 1.82) is 0 Å². The van der Waals surface area contributed by atoms with Crippen LogP contribution in [0.5, 0.6) is 0 Å². The zero-order valence-corrected chi connectivity index (χ0v) is 11.6. The second-order valence-corrected chi connectivity index (χ2v) is 4.69. The van der Waals surface area contributed by atoms with Gasteiger partial charge < -0.3 is 15.5 Å². The summed E-state index contributed by atoms with van der Waals surface area (Å²) in [6, 6.07) is 6.08. The number of hydrogen-bond acceptors (Lipinski definition) is 3. The van der Waals surface area contributed by atoms with Crippen LogP contribution in [0.4, 0.5) is 11.4 Å². The van der Waals surface area contributed by atoms with Gasteiger partial charge in [-0.25, -0.2) is 0 Å². The highest BCUT2D eigenvalue weighted by molar-refractivity contribution is 6.05. The van der Waals surface area contributed by atoms with Crippen LogP contribution in [0.15, 0.2) is 36.0 Å². The number of carbonyl (C=O) groups excluding carboxylic acids is 1. The monoisotopic (exact) mass is 257 g/mol. The standard InChI is InChI=1S/C15H19N3O/c1-5-16-15(19)13-8-11-6-7-12(18(3)4)9-14(11)17-10(13)2/h6-9,17H,2,5H2,1,3-4H3,(H,16,19). The van der Waals surface area contributed by atoms with Gasteiger partial charge in [0.2, 0.25) is 0 Å². The molecule has 4 heteroatoms. The minimum Gasteiger partial charge on any atom is -0.378 e. The average molecular weight is 257 g/mol. The SMILES string of the molecule is C=C1Nc2cc(N(C)C)ccc2C=C1C(=O)NCC. The number of anilines is 2. The van der Waals surface area contributed by atoms with Crippen molar-refractivity contribution in [3.8, 4) is 0 Å². The highest BCUT2D eigenvalue weighted by atomic mass is 16.1. The van der Waals surface area contributed by atoms with Gasteiger partial charge in [-0.1, -0.05) is 12.6 Å². The normalized spacial score (nSPS) is 13.2. The Bertz CT molecular complexity index is 559. The first-order valence-electron chi connectivity index (χ1n) is 6.30. The molecule has 0 atom stereocenters. The van der Waals surface area contributed by atoms with Crippen molar-refractivity contribution in [2.45, 2.75) is 6.92 Å². The molecule has 0 radical (unpaired) electrons. The second-order valence-electron chi connectivity index (χ2n) is 4.69. The van der Waals surface area contributed by atoms with Crippen LogP contribution in [-0.4, -0.2) is 26.5 Å². The highest BCUT2D eigenvalue weighted by Gasteiger charge is 2.19. The summed E-state index contributed by atoms with van der Waals surface area (Å²) in [6.07, 6.45) is 1.87. The molecule has 0 bridgehead atoms. The molecule has 0 saturated carbocycles. The minimum atomic E-state index is -0.0951. The van der Waals surface area contributed by atoms with Crippen molar-refractivity contribution < 1.29 is 4.79 Å². The number of carbonyl (C=O) groups is 1. The molecule has 100 valence electrons. The molecular formula is C15H19N3O. The summed E-state index contributed by atoms with van der Waals surface area (Å²) in [6.45, 7) is 6.42. The Kier molecular flexibility index (Phi) is 3.60.